The minimum absolute atomic E-state index is 0.969. The molecule has 0 atom stereocenters. The summed E-state index contributed by atoms with van der Waals surface area (Å²) in [5.41, 5.74) is 1.19. The zero-order valence-corrected chi connectivity index (χ0v) is 7.64. The summed E-state index contributed by atoms with van der Waals surface area (Å²) in [5, 5.41) is 2.06. The molecule has 0 aromatic carbocycles. The van der Waals surface area contributed by atoms with Crippen LogP contribution in [0.25, 0.3) is 0 Å². The summed E-state index contributed by atoms with van der Waals surface area (Å²) < 4.78 is 0. The average molecular weight is 170 g/mol. The lowest BCUT2D eigenvalue weighted by atomic mass is 10.2. The molecule has 1 rings (SSSR count). The van der Waals surface area contributed by atoms with Gasteiger partial charge in [-0.2, -0.15) is 0 Å². The van der Waals surface area contributed by atoms with Gasteiger partial charge in [-0.05, 0) is 18.4 Å². The summed E-state index contributed by atoms with van der Waals surface area (Å²) in [7, 11) is 0. The highest BCUT2D eigenvalue weighted by molar-refractivity contribution is 7.80. The van der Waals surface area contributed by atoms with E-state index in [0.717, 1.165) is 11.3 Å². The van der Waals surface area contributed by atoms with Gasteiger partial charge in [0.15, 0.2) is 0 Å². The Morgan fingerprint density at radius 1 is 1.80 bits per heavy atom. The van der Waals surface area contributed by atoms with Gasteiger partial charge < -0.3 is 0 Å². The van der Waals surface area contributed by atoms with E-state index in [4.69, 9.17) is 0 Å². The van der Waals surface area contributed by atoms with Crippen molar-refractivity contribution in [3.63, 3.8) is 0 Å². The fraction of sp³-hybridized carbons (Fsp3) is 0.250. The standard InChI is InChI=1S/C8H10S2/c1-6(2)5-8-7(9)3-4-10-8/h3-4,9H,1,5H2,2H3. The monoisotopic (exact) mass is 170 g/mol. The summed E-state index contributed by atoms with van der Waals surface area (Å²) in [5.74, 6) is 0. The molecule has 0 nitrogen and oxygen atoms in total. The Balaban J connectivity index is 2.74. The summed E-state index contributed by atoms with van der Waals surface area (Å²) >= 11 is 6.03. The molecule has 1 heterocycles. The van der Waals surface area contributed by atoms with Gasteiger partial charge in [0.25, 0.3) is 0 Å². The number of allylic oxidation sites excluding steroid dienone is 1. The molecular formula is C8H10S2. The van der Waals surface area contributed by atoms with E-state index in [9.17, 15) is 0 Å². The van der Waals surface area contributed by atoms with Crippen LogP contribution < -0.4 is 0 Å². The van der Waals surface area contributed by atoms with Gasteiger partial charge in [0.2, 0.25) is 0 Å². The van der Waals surface area contributed by atoms with Crippen LogP contribution >= 0.6 is 24.0 Å². The Bertz CT molecular complexity index is 235. The van der Waals surface area contributed by atoms with E-state index in [1.54, 1.807) is 11.3 Å². The van der Waals surface area contributed by atoms with E-state index in [0.29, 0.717) is 0 Å². The highest BCUT2D eigenvalue weighted by Crippen LogP contribution is 2.22. The van der Waals surface area contributed by atoms with Crippen molar-refractivity contribution in [2.24, 2.45) is 0 Å². The predicted octanol–water partition coefficient (Wildman–Crippen LogP) is 3.16. The highest BCUT2D eigenvalue weighted by Gasteiger charge is 1.98. The van der Waals surface area contributed by atoms with Crippen molar-refractivity contribution < 1.29 is 0 Å². The highest BCUT2D eigenvalue weighted by atomic mass is 32.1. The maximum Gasteiger partial charge on any atom is 0.0219 e. The van der Waals surface area contributed by atoms with Crippen LogP contribution in [0.5, 0.6) is 0 Å². The topological polar surface area (TPSA) is 0 Å². The predicted molar refractivity (Wildman–Crippen MR) is 50.1 cm³/mol. The van der Waals surface area contributed by atoms with Gasteiger partial charge in [-0.1, -0.05) is 12.2 Å². The largest absolute Gasteiger partial charge is 0.147 e. The van der Waals surface area contributed by atoms with Crippen LogP contribution in [-0.2, 0) is 6.42 Å². The van der Waals surface area contributed by atoms with Crippen LogP contribution in [0.4, 0.5) is 0 Å². The molecule has 0 spiro atoms. The lowest BCUT2D eigenvalue weighted by molar-refractivity contribution is 1.15. The van der Waals surface area contributed by atoms with E-state index in [2.05, 4.69) is 24.6 Å². The molecular weight excluding hydrogens is 160 g/mol. The van der Waals surface area contributed by atoms with Crippen molar-refractivity contribution in [2.45, 2.75) is 18.2 Å². The molecule has 0 unspecified atom stereocenters. The number of rotatable bonds is 2. The van der Waals surface area contributed by atoms with Crippen LogP contribution in [-0.4, -0.2) is 0 Å². The Morgan fingerprint density at radius 2 is 2.50 bits per heavy atom. The molecule has 2 heteroatoms. The van der Waals surface area contributed by atoms with Crippen molar-refractivity contribution in [1.29, 1.82) is 0 Å². The quantitative estimate of drug-likeness (QED) is 0.511. The molecule has 0 saturated carbocycles. The van der Waals surface area contributed by atoms with Crippen LogP contribution in [0.3, 0.4) is 0 Å². The maximum atomic E-state index is 4.29. The Labute approximate surface area is 71.0 Å². The van der Waals surface area contributed by atoms with Gasteiger partial charge in [-0.25, -0.2) is 0 Å². The first-order chi connectivity index (χ1) is 4.70. The van der Waals surface area contributed by atoms with E-state index in [1.165, 1.54) is 10.5 Å². The first kappa shape index (κ1) is 7.89. The summed E-state index contributed by atoms with van der Waals surface area (Å²) in [4.78, 5) is 2.41. The average Bonchev–Trinajstić information content (AvgIpc) is 2.15. The van der Waals surface area contributed by atoms with E-state index >= 15 is 0 Å². The number of thiophene rings is 1. The molecule has 54 valence electrons. The maximum absolute atomic E-state index is 4.29. The molecule has 1 aromatic rings. The smallest absolute Gasteiger partial charge is 0.0219 e. The molecule has 0 bridgehead atoms. The molecule has 0 radical (unpaired) electrons. The normalized spacial score (nSPS) is 9.80. The van der Waals surface area contributed by atoms with Crippen molar-refractivity contribution in [3.05, 3.63) is 28.5 Å². The van der Waals surface area contributed by atoms with Crippen molar-refractivity contribution in [2.75, 3.05) is 0 Å². The summed E-state index contributed by atoms with van der Waals surface area (Å²) in [6.45, 7) is 5.88. The second kappa shape index (κ2) is 3.26. The zero-order chi connectivity index (χ0) is 7.56. The molecule has 0 N–H and O–H groups in total. The molecule has 0 aliphatic rings. The third-order valence-corrected chi connectivity index (χ3v) is 2.68. The summed E-state index contributed by atoms with van der Waals surface area (Å²) in [6.07, 6.45) is 0.969. The molecule has 1 aromatic heterocycles. The van der Waals surface area contributed by atoms with Crippen LogP contribution in [0, 0.1) is 0 Å². The number of hydrogen-bond donors (Lipinski definition) is 1. The van der Waals surface area contributed by atoms with Crippen molar-refractivity contribution in [3.8, 4) is 0 Å². The van der Waals surface area contributed by atoms with E-state index in [1.807, 2.05) is 13.0 Å². The van der Waals surface area contributed by atoms with Gasteiger partial charge in [0.1, 0.15) is 0 Å². The van der Waals surface area contributed by atoms with Gasteiger partial charge in [0, 0.05) is 16.2 Å². The molecule has 0 amide bonds. The Hall–Kier alpha value is -0.210. The van der Waals surface area contributed by atoms with Crippen LogP contribution in [0.15, 0.2) is 28.5 Å². The molecule has 10 heavy (non-hydrogen) atoms. The first-order valence-electron chi connectivity index (χ1n) is 3.10. The SMILES string of the molecule is C=C(C)Cc1sccc1S. The number of thiol groups is 1. The second-order valence-electron chi connectivity index (χ2n) is 2.36. The Kier molecular flexibility index (Phi) is 2.57. The number of hydrogen-bond acceptors (Lipinski definition) is 2. The van der Waals surface area contributed by atoms with E-state index < -0.39 is 0 Å². The van der Waals surface area contributed by atoms with Gasteiger partial charge >= 0.3 is 0 Å². The van der Waals surface area contributed by atoms with Gasteiger partial charge in [-0.3, -0.25) is 0 Å². The second-order valence-corrected chi connectivity index (χ2v) is 3.85. The van der Waals surface area contributed by atoms with Crippen molar-refractivity contribution in [1.82, 2.24) is 0 Å². The van der Waals surface area contributed by atoms with Gasteiger partial charge in [-0.15, -0.1) is 24.0 Å². The third kappa shape index (κ3) is 1.89. The molecule has 0 aliphatic carbocycles. The lowest BCUT2D eigenvalue weighted by Gasteiger charge is -1.95. The fourth-order valence-corrected chi connectivity index (χ4v) is 2.04. The lowest BCUT2D eigenvalue weighted by Crippen LogP contribution is -1.80. The minimum atomic E-state index is 0.969. The third-order valence-electron chi connectivity index (χ3n) is 1.18. The Morgan fingerprint density at radius 3 is 2.90 bits per heavy atom. The van der Waals surface area contributed by atoms with Crippen LogP contribution in [0.2, 0.25) is 0 Å². The zero-order valence-electron chi connectivity index (χ0n) is 5.92. The van der Waals surface area contributed by atoms with Crippen molar-refractivity contribution >= 4 is 24.0 Å². The molecule has 0 fully saturated rings. The molecule has 0 aliphatic heterocycles. The van der Waals surface area contributed by atoms with Crippen LogP contribution in [0.1, 0.15) is 11.8 Å². The minimum Gasteiger partial charge on any atom is -0.147 e. The molecule has 0 saturated heterocycles. The summed E-state index contributed by atoms with van der Waals surface area (Å²) in [6, 6.07) is 2.02. The first-order valence-corrected chi connectivity index (χ1v) is 4.42. The van der Waals surface area contributed by atoms with Gasteiger partial charge in [0.05, 0.1) is 0 Å². The fourth-order valence-electron chi connectivity index (χ4n) is 0.740. The van der Waals surface area contributed by atoms with E-state index in [-0.39, 0.29) is 0 Å².